The van der Waals surface area contributed by atoms with Crippen LogP contribution in [0.15, 0.2) is 47.4 Å². The third-order valence-electron chi connectivity index (χ3n) is 3.60. The number of aromatic amines is 1. The van der Waals surface area contributed by atoms with Crippen LogP contribution in [-0.2, 0) is 10.0 Å². The highest BCUT2D eigenvalue weighted by molar-refractivity contribution is 7.92. The second kappa shape index (κ2) is 5.14. The molecule has 114 valence electrons. The quantitative estimate of drug-likeness (QED) is 0.808. The first-order valence-corrected chi connectivity index (χ1v) is 8.34. The molecule has 0 spiro atoms. The lowest BCUT2D eigenvalue weighted by atomic mass is 10.2. The first kappa shape index (κ1) is 14.6. The molecule has 0 atom stereocenters. The van der Waals surface area contributed by atoms with Gasteiger partial charge < -0.3 is 4.98 Å². The van der Waals surface area contributed by atoms with Gasteiger partial charge in [0.2, 0.25) is 0 Å². The van der Waals surface area contributed by atoms with E-state index in [1.54, 1.807) is 37.4 Å². The molecule has 5 nitrogen and oxygen atoms in total. The van der Waals surface area contributed by atoms with E-state index < -0.39 is 10.0 Å². The molecule has 6 heteroatoms. The van der Waals surface area contributed by atoms with Crippen LogP contribution in [0.25, 0.3) is 11.0 Å². The monoisotopic (exact) mass is 315 g/mol. The number of H-pyrrole nitrogens is 1. The molecule has 0 aliphatic carbocycles. The van der Waals surface area contributed by atoms with Crippen LogP contribution in [0.3, 0.4) is 0 Å². The molecule has 0 bridgehead atoms. The molecule has 0 radical (unpaired) electrons. The highest BCUT2D eigenvalue weighted by Gasteiger charge is 2.21. The maximum atomic E-state index is 12.7. The first-order valence-electron chi connectivity index (χ1n) is 6.90. The maximum absolute atomic E-state index is 12.7. The van der Waals surface area contributed by atoms with Gasteiger partial charge >= 0.3 is 0 Å². The van der Waals surface area contributed by atoms with Crippen LogP contribution >= 0.6 is 0 Å². The Bertz CT molecular complexity index is 945. The number of rotatable bonds is 3. The van der Waals surface area contributed by atoms with E-state index in [1.165, 1.54) is 4.31 Å². The topological polar surface area (TPSA) is 66.1 Å². The number of anilines is 1. The summed E-state index contributed by atoms with van der Waals surface area (Å²) in [6, 6.07) is 12.3. The zero-order valence-electron chi connectivity index (χ0n) is 12.7. The third-order valence-corrected chi connectivity index (χ3v) is 5.38. The Labute approximate surface area is 129 Å². The molecule has 0 aliphatic rings. The predicted molar refractivity (Wildman–Crippen MR) is 87.6 cm³/mol. The van der Waals surface area contributed by atoms with E-state index in [0.717, 1.165) is 22.4 Å². The van der Waals surface area contributed by atoms with Gasteiger partial charge in [-0.25, -0.2) is 13.4 Å². The smallest absolute Gasteiger partial charge is 0.264 e. The number of imidazole rings is 1. The molecule has 0 unspecified atom stereocenters. The normalized spacial score (nSPS) is 11.8. The van der Waals surface area contributed by atoms with Gasteiger partial charge in [-0.2, -0.15) is 0 Å². The van der Waals surface area contributed by atoms with Crippen LogP contribution in [0.5, 0.6) is 0 Å². The van der Waals surface area contributed by atoms with Gasteiger partial charge in [0.1, 0.15) is 5.82 Å². The van der Waals surface area contributed by atoms with Gasteiger partial charge in [-0.05, 0) is 49.7 Å². The van der Waals surface area contributed by atoms with E-state index in [9.17, 15) is 8.42 Å². The van der Waals surface area contributed by atoms with Crippen molar-refractivity contribution in [3.63, 3.8) is 0 Å². The Hall–Kier alpha value is -2.34. The summed E-state index contributed by atoms with van der Waals surface area (Å²) < 4.78 is 26.7. The van der Waals surface area contributed by atoms with Crippen LogP contribution in [0.2, 0.25) is 0 Å². The Morgan fingerprint density at radius 1 is 1.09 bits per heavy atom. The Kier molecular flexibility index (Phi) is 3.41. The van der Waals surface area contributed by atoms with E-state index in [4.69, 9.17) is 0 Å². The highest BCUT2D eigenvalue weighted by atomic mass is 32.2. The summed E-state index contributed by atoms with van der Waals surface area (Å²) >= 11 is 0. The molecule has 3 rings (SSSR count). The second-order valence-corrected chi connectivity index (χ2v) is 7.28. The minimum Gasteiger partial charge on any atom is -0.342 e. The number of nitrogens with one attached hydrogen (secondary N) is 1. The van der Waals surface area contributed by atoms with Crippen molar-refractivity contribution in [3.05, 3.63) is 53.9 Å². The third kappa shape index (κ3) is 2.46. The largest absolute Gasteiger partial charge is 0.342 e. The predicted octanol–water partition coefficient (Wildman–Crippen LogP) is 3.00. The van der Waals surface area contributed by atoms with Crippen molar-refractivity contribution >= 4 is 26.7 Å². The van der Waals surface area contributed by atoms with Gasteiger partial charge in [-0.3, -0.25) is 4.31 Å². The standard InChI is InChI=1S/C16H17N3O2S/c1-11-5-4-6-14(9-11)22(20,21)19(3)13-7-8-15-16(10-13)18-12(2)17-15/h4-10H,1-3H3,(H,17,18). The van der Waals surface area contributed by atoms with Gasteiger partial charge in [0.25, 0.3) is 10.0 Å². The van der Waals surface area contributed by atoms with Gasteiger partial charge in [0.05, 0.1) is 21.6 Å². The van der Waals surface area contributed by atoms with Crippen molar-refractivity contribution in [2.45, 2.75) is 18.7 Å². The zero-order valence-corrected chi connectivity index (χ0v) is 13.5. The SMILES string of the molecule is Cc1cccc(S(=O)(=O)N(C)c2ccc3nc(C)[nH]c3c2)c1. The molecule has 3 aromatic rings. The number of aryl methyl sites for hydroxylation is 2. The lowest BCUT2D eigenvalue weighted by molar-refractivity contribution is 0.594. The number of fused-ring (bicyclic) bond motifs is 1. The molecule has 0 fully saturated rings. The summed E-state index contributed by atoms with van der Waals surface area (Å²) in [5, 5.41) is 0. The van der Waals surface area contributed by atoms with E-state index in [2.05, 4.69) is 9.97 Å². The molecular weight excluding hydrogens is 298 g/mol. The summed E-state index contributed by atoms with van der Waals surface area (Å²) in [7, 11) is -2.02. The summed E-state index contributed by atoms with van der Waals surface area (Å²) in [6.45, 7) is 3.74. The van der Waals surface area contributed by atoms with Gasteiger partial charge in [-0.15, -0.1) is 0 Å². The van der Waals surface area contributed by atoms with Crippen LogP contribution < -0.4 is 4.31 Å². The molecule has 0 aliphatic heterocycles. The van der Waals surface area contributed by atoms with Crippen LogP contribution in [0.4, 0.5) is 5.69 Å². The molecule has 2 aromatic carbocycles. The fourth-order valence-corrected chi connectivity index (χ4v) is 3.69. The summed E-state index contributed by atoms with van der Waals surface area (Å²) in [5.41, 5.74) is 3.15. The average Bonchev–Trinajstić information content (AvgIpc) is 2.85. The molecule has 0 saturated carbocycles. The van der Waals surface area contributed by atoms with Crippen molar-refractivity contribution in [3.8, 4) is 0 Å². The van der Waals surface area contributed by atoms with Gasteiger partial charge in [0.15, 0.2) is 0 Å². The number of benzene rings is 2. The van der Waals surface area contributed by atoms with Crippen LogP contribution in [0, 0.1) is 13.8 Å². The average molecular weight is 315 g/mol. The van der Waals surface area contributed by atoms with Crippen molar-refractivity contribution in [2.75, 3.05) is 11.4 Å². The van der Waals surface area contributed by atoms with E-state index in [0.29, 0.717) is 5.69 Å². The number of hydrogen-bond donors (Lipinski definition) is 1. The van der Waals surface area contributed by atoms with Crippen molar-refractivity contribution in [1.82, 2.24) is 9.97 Å². The number of sulfonamides is 1. The van der Waals surface area contributed by atoms with Crippen LogP contribution in [-0.4, -0.2) is 25.4 Å². The fraction of sp³-hybridized carbons (Fsp3) is 0.188. The number of aromatic nitrogens is 2. The first-order chi connectivity index (χ1) is 10.4. The lowest BCUT2D eigenvalue weighted by Crippen LogP contribution is -2.26. The molecule has 0 amide bonds. The van der Waals surface area contributed by atoms with E-state index in [1.807, 2.05) is 26.0 Å². The highest BCUT2D eigenvalue weighted by Crippen LogP contribution is 2.25. The van der Waals surface area contributed by atoms with Crippen LogP contribution in [0.1, 0.15) is 11.4 Å². The number of nitrogens with zero attached hydrogens (tertiary/aromatic N) is 2. The van der Waals surface area contributed by atoms with Crippen molar-refractivity contribution in [2.24, 2.45) is 0 Å². The molecular formula is C16H17N3O2S. The fourth-order valence-electron chi connectivity index (χ4n) is 2.39. The zero-order chi connectivity index (χ0) is 15.9. The van der Waals surface area contributed by atoms with Crippen molar-refractivity contribution in [1.29, 1.82) is 0 Å². The summed E-state index contributed by atoms with van der Waals surface area (Å²) in [4.78, 5) is 7.73. The maximum Gasteiger partial charge on any atom is 0.264 e. The lowest BCUT2D eigenvalue weighted by Gasteiger charge is -2.19. The van der Waals surface area contributed by atoms with E-state index >= 15 is 0 Å². The van der Waals surface area contributed by atoms with Gasteiger partial charge in [-0.1, -0.05) is 12.1 Å². The molecule has 1 heterocycles. The van der Waals surface area contributed by atoms with E-state index in [-0.39, 0.29) is 4.90 Å². The molecule has 0 saturated heterocycles. The number of hydrogen-bond acceptors (Lipinski definition) is 3. The second-order valence-electron chi connectivity index (χ2n) is 5.31. The van der Waals surface area contributed by atoms with Gasteiger partial charge in [0, 0.05) is 7.05 Å². The minimum atomic E-state index is -3.58. The molecule has 22 heavy (non-hydrogen) atoms. The molecule has 1 N–H and O–H groups in total. The minimum absolute atomic E-state index is 0.288. The Morgan fingerprint density at radius 2 is 1.86 bits per heavy atom. The summed E-state index contributed by atoms with van der Waals surface area (Å²) in [5.74, 6) is 0.802. The Morgan fingerprint density at radius 3 is 2.59 bits per heavy atom. The summed E-state index contributed by atoms with van der Waals surface area (Å²) in [6.07, 6.45) is 0. The van der Waals surface area contributed by atoms with Crippen molar-refractivity contribution < 1.29 is 8.42 Å². The molecule has 1 aromatic heterocycles. The Balaban J connectivity index is 2.05.